The largest absolute Gasteiger partial charge is 0.489 e. The van der Waals surface area contributed by atoms with Crippen molar-refractivity contribution in [2.45, 2.75) is 13.5 Å². The van der Waals surface area contributed by atoms with Gasteiger partial charge in [0.25, 0.3) is 0 Å². The summed E-state index contributed by atoms with van der Waals surface area (Å²) in [5, 5.41) is 0. The molecule has 0 heterocycles. The first kappa shape index (κ1) is 14.3. The van der Waals surface area contributed by atoms with Gasteiger partial charge in [-0.05, 0) is 36.8 Å². The first-order valence-electron chi connectivity index (χ1n) is 5.85. The van der Waals surface area contributed by atoms with E-state index in [0.29, 0.717) is 12.4 Å². The molecule has 0 atom stereocenters. The normalized spacial score (nSPS) is 11.1. The van der Waals surface area contributed by atoms with Crippen LogP contribution in [0.4, 0.5) is 3.89 Å². The van der Waals surface area contributed by atoms with Gasteiger partial charge in [0.2, 0.25) is 0 Å². The molecule has 0 unspecified atom stereocenters. The zero-order valence-corrected chi connectivity index (χ0v) is 11.6. The maximum Gasteiger partial charge on any atom is 0.488 e. The summed E-state index contributed by atoms with van der Waals surface area (Å²) in [5.41, 5.74) is 2.19. The van der Waals surface area contributed by atoms with Gasteiger partial charge < -0.3 is 8.92 Å². The molecule has 6 heteroatoms. The van der Waals surface area contributed by atoms with E-state index in [1.54, 1.807) is 0 Å². The van der Waals surface area contributed by atoms with Crippen molar-refractivity contribution in [2.75, 3.05) is 0 Å². The SMILES string of the molecule is Cc1ccc(COc2ccc(OS(=O)(=O)F)cc2)cc1. The summed E-state index contributed by atoms with van der Waals surface area (Å²) in [6, 6.07) is 13.6. The van der Waals surface area contributed by atoms with Gasteiger partial charge in [-0.1, -0.05) is 33.7 Å². The van der Waals surface area contributed by atoms with Crippen LogP contribution < -0.4 is 8.92 Å². The molecule has 20 heavy (non-hydrogen) atoms. The highest BCUT2D eigenvalue weighted by molar-refractivity contribution is 7.81. The van der Waals surface area contributed by atoms with E-state index in [-0.39, 0.29) is 5.75 Å². The Kier molecular flexibility index (Phi) is 4.24. The molecule has 0 bridgehead atoms. The van der Waals surface area contributed by atoms with Gasteiger partial charge in [-0.2, -0.15) is 8.42 Å². The highest BCUT2D eigenvalue weighted by atomic mass is 32.3. The number of hydrogen-bond donors (Lipinski definition) is 0. The van der Waals surface area contributed by atoms with Crippen LogP contribution >= 0.6 is 0 Å². The van der Waals surface area contributed by atoms with E-state index in [4.69, 9.17) is 4.74 Å². The molecule has 0 spiro atoms. The van der Waals surface area contributed by atoms with E-state index in [0.717, 1.165) is 5.56 Å². The van der Waals surface area contributed by atoms with Crippen molar-refractivity contribution in [3.8, 4) is 11.5 Å². The van der Waals surface area contributed by atoms with Crippen LogP contribution in [0.25, 0.3) is 0 Å². The van der Waals surface area contributed by atoms with Crippen molar-refractivity contribution in [2.24, 2.45) is 0 Å². The van der Waals surface area contributed by atoms with Crippen LogP contribution in [-0.4, -0.2) is 8.42 Å². The Labute approximate surface area is 117 Å². The summed E-state index contributed by atoms with van der Waals surface area (Å²) in [7, 11) is -4.99. The van der Waals surface area contributed by atoms with Gasteiger partial charge in [0.1, 0.15) is 18.1 Å². The molecule has 0 N–H and O–H groups in total. The Morgan fingerprint density at radius 2 is 1.50 bits per heavy atom. The number of hydrogen-bond acceptors (Lipinski definition) is 4. The quantitative estimate of drug-likeness (QED) is 0.795. The minimum atomic E-state index is -4.99. The van der Waals surface area contributed by atoms with Crippen LogP contribution in [0.15, 0.2) is 48.5 Å². The van der Waals surface area contributed by atoms with E-state index in [2.05, 4.69) is 4.18 Å². The van der Waals surface area contributed by atoms with Gasteiger partial charge in [0.05, 0.1) is 0 Å². The summed E-state index contributed by atoms with van der Waals surface area (Å²) in [6.07, 6.45) is 0. The molecule has 2 aromatic carbocycles. The average Bonchev–Trinajstić information content (AvgIpc) is 2.38. The zero-order valence-electron chi connectivity index (χ0n) is 10.7. The number of ether oxygens (including phenoxy) is 1. The highest BCUT2D eigenvalue weighted by Crippen LogP contribution is 2.20. The number of aryl methyl sites for hydroxylation is 1. The van der Waals surface area contributed by atoms with Crippen LogP contribution in [0, 0.1) is 6.92 Å². The Morgan fingerprint density at radius 1 is 0.950 bits per heavy atom. The van der Waals surface area contributed by atoms with Crippen molar-refractivity contribution in [3.05, 3.63) is 59.7 Å². The van der Waals surface area contributed by atoms with Crippen molar-refractivity contribution in [3.63, 3.8) is 0 Å². The lowest BCUT2D eigenvalue weighted by atomic mass is 10.2. The summed E-state index contributed by atoms with van der Waals surface area (Å²) in [5.74, 6) is 0.435. The molecule has 2 aromatic rings. The fourth-order valence-electron chi connectivity index (χ4n) is 1.56. The van der Waals surface area contributed by atoms with Gasteiger partial charge in [-0.25, -0.2) is 0 Å². The average molecular weight is 296 g/mol. The Bertz CT molecular complexity index is 663. The number of halogens is 1. The molecule has 0 aliphatic heterocycles. The maximum atomic E-state index is 12.3. The van der Waals surface area contributed by atoms with Gasteiger partial charge >= 0.3 is 10.5 Å². The Hall–Kier alpha value is -2.08. The van der Waals surface area contributed by atoms with Crippen LogP contribution in [0.1, 0.15) is 11.1 Å². The molecule has 2 rings (SSSR count). The van der Waals surface area contributed by atoms with Crippen molar-refractivity contribution in [1.82, 2.24) is 0 Å². The fourth-order valence-corrected chi connectivity index (χ4v) is 1.90. The van der Waals surface area contributed by atoms with Gasteiger partial charge in [0, 0.05) is 0 Å². The molecule has 0 radical (unpaired) electrons. The number of rotatable bonds is 5. The van der Waals surface area contributed by atoms with E-state index in [1.165, 1.54) is 29.8 Å². The lowest BCUT2D eigenvalue weighted by Gasteiger charge is -2.07. The molecule has 0 aliphatic rings. The molecule has 0 aliphatic carbocycles. The smallest absolute Gasteiger partial charge is 0.488 e. The predicted octanol–water partition coefficient (Wildman–Crippen LogP) is 3.17. The second-order valence-electron chi connectivity index (χ2n) is 4.22. The van der Waals surface area contributed by atoms with Crippen molar-refractivity contribution >= 4 is 10.5 Å². The van der Waals surface area contributed by atoms with Crippen LogP contribution in [-0.2, 0) is 17.1 Å². The summed E-state index contributed by atoms with van der Waals surface area (Å²) in [4.78, 5) is 0. The van der Waals surface area contributed by atoms with Crippen LogP contribution in [0.5, 0.6) is 11.5 Å². The third-order valence-corrected chi connectivity index (χ3v) is 2.94. The van der Waals surface area contributed by atoms with Gasteiger partial charge in [-0.3, -0.25) is 0 Å². The lowest BCUT2D eigenvalue weighted by molar-refractivity contribution is 0.306. The van der Waals surface area contributed by atoms with Crippen molar-refractivity contribution < 1.29 is 21.2 Å². The van der Waals surface area contributed by atoms with E-state index in [9.17, 15) is 12.3 Å². The standard InChI is InChI=1S/C14H13FO4S/c1-11-2-4-12(5-3-11)10-18-13-6-8-14(9-7-13)19-20(15,16)17/h2-9H,10H2,1H3. The van der Waals surface area contributed by atoms with E-state index < -0.39 is 10.5 Å². The second kappa shape index (κ2) is 5.92. The molecule has 4 nitrogen and oxygen atoms in total. The molecule has 0 fully saturated rings. The zero-order chi connectivity index (χ0) is 14.6. The van der Waals surface area contributed by atoms with Crippen molar-refractivity contribution in [1.29, 1.82) is 0 Å². The molecule has 0 amide bonds. The highest BCUT2D eigenvalue weighted by Gasteiger charge is 2.09. The first-order chi connectivity index (χ1) is 9.42. The third kappa shape index (κ3) is 4.55. The predicted molar refractivity (Wildman–Crippen MR) is 72.6 cm³/mol. The minimum Gasteiger partial charge on any atom is -0.489 e. The minimum absolute atomic E-state index is 0.102. The molecule has 106 valence electrons. The third-order valence-electron chi connectivity index (χ3n) is 2.55. The first-order valence-corrected chi connectivity index (χ1v) is 7.16. The van der Waals surface area contributed by atoms with Gasteiger partial charge in [-0.15, -0.1) is 0 Å². The molecular weight excluding hydrogens is 283 g/mol. The van der Waals surface area contributed by atoms with Gasteiger partial charge in [0.15, 0.2) is 0 Å². The second-order valence-corrected chi connectivity index (χ2v) is 5.17. The Morgan fingerprint density at radius 3 is 2.05 bits per heavy atom. The maximum absolute atomic E-state index is 12.3. The number of benzene rings is 2. The summed E-state index contributed by atoms with van der Waals surface area (Å²) in [6.45, 7) is 2.39. The van der Waals surface area contributed by atoms with E-state index >= 15 is 0 Å². The Balaban J connectivity index is 1.95. The van der Waals surface area contributed by atoms with Crippen LogP contribution in [0.3, 0.4) is 0 Å². The molecular formula is C14H13FO4S. The molecule has 0 saturated carbocycles. The molecule has 0 aromatic heterocycles. The topological polar surface area (TPSA) is 52.6 Å². The summed E-state index contributed by atoms with van der Waals surface area (Å²) < 4.78 is 42.5. The lowest BCUT2D eigenvalue weighted by Crippen LogP contribution is -2.01. The fraction of sp³-hybridized carbons (Fsp3) is 0.143. The monoisotopic (exact) mass is 296 g/mol. The molecule has 0 saturated heterocycles. The summed E-state index contributed by atoms with van der Waals surface area (Å²) >= 11 is 0. The van der Waals surface area contributed by atoms with Crippen LogP contribution in [0.2, 0.25) is 0 Å². The van der Waals surface area contributed by atoms with E-state index in [1.807, 2.05) is 31.2 Å².